The maximum Gasteiger partial charge on any atom is 2.00 e. The number of benzene rings is 1. The van der Waals surface area contributed by atoms with Gasteiger partial charge >= 0.3 is 17.1 Å². The van der Waals surface area contributed by atoms with Crippen LogP contribution in [0.5, 0.6) is 0 Å². The zero-order valence-corrected chi connectivity index (χ0v) is 16.8. The molecule has 6 nitrogen and oxygen atoms in total. The number of halogens is 1. The van der Waals surface area contributed by atoms with Crippen molar-refractivity contribution in [2.45, 2.75) is 6.92 Å². The minimum absolute atomic E-state index is 0. The number of amidine groups is 2. The normalized spacial score (nSPS) is 13.4. The molecule has 0 aliphatic heterocycles. The quantitative estimate of drug-likeness (QED) is 0.235. The van der Waals surface area contributed by atoms with Gasteiger partial charge in [-0.05, 0) is 29.4 Å². The van der Waals surface area contributed by atoms with Crippen LogP contribution in [-0.4, -0.2) is 35.9 Å². The van der Waals surface area contributed by atoms with Gasteiger partial charge in [0.05, 0.1) is 5.71 Å². The van der Waals surface area contributed by atoms with Crippen molar-refractivity contribution in [3.05, 3.63) is 34.3 Å². The minimum atomic E-state index is 0. The minimum Gasteiger partial charge on any atom is -0.741 e. The predicted octanol–water partition coefficient (Wildman–Crippen LogP) is 1.77. The van der Waals surface area contributed by atoms with E-state index >= 15 is 0 Å². The van der Waals surface area contributed by atoms with E-state index in [1.165, 1.54) is 0 Å². The zero-order chi connectivity index (χ0) is 16.5. The standard InChI is InChI=1S/C13H17BrN6S2.Cu/c1-8(17-19-12(21)15-2)11(18-20-13(22)16-3)9-4-6-10(14)7-5-9;/h4-7H,1-3H3,(H2,15,19,21)(H2,16,20,22);/q;+2/p-2. The van der Waals surface area contributed by atoms with Crippen LogP contribution in [0, 0.1) is 0 Å². The van der Waals surface area contributed by atoms with E-state index in [-0.39, 0.29) is 27.4 Å². The molecule has 127 valence electrons. The smallest absolute Gasteiger partial charge is 0.741 e. The molecule has 0 saturated heterocycles. The van der Waals surface area contributed by atoms with E-state index < -0.39 is 0 Å². The molecule has 0 saturated carbocycles. The summed E-state index contributed by atoms with van der Waals surface area (Å²) in [6.45, 7) is 1.78. The Morgan fingerprint density at radius 3 is 1.87 bits per heavy atom. The second-order valence-electron chi connectivity index (χ2n) is 3.95. The van der Waals surface area contributed by atoms with E-state index in [0.717, 1.165) is 10.0 Å². The van der Waals surface area contributed by atoms with Crippen molar-refractivity contribution in [3.8, 4) is 0 Å². The number of hydrogen-bond acceptors (Lipinski definition) is 6. The maximum atomic E-state index is 4.97. The molecule has 0 bridgehead atoms. The van der Waals surface area contributed by atoms with Crippen LogP contribution in [0.15, 0.2) is 49.1 Å². The number of hydrogen-bond donors (Lipinski definition) is 2. The molecule has 1 radical (unpaired) electrons. The fourth-order valence-corrected chi connectivity index (χ4v) is 1.66. The molecule has 0 aliphatic carbocycles. The Hall–Kier alpha value is -1.06. The molecule has 2 N–H and O–H groups in total. The average Bonchev–Trinajstić information content (AvgIpc) is 2.53. The van der Waals surface area contributed by atoms with Crippen LogP contribution < -0.4 is 10.6 Å². The molecular formula is C13H15BrCuN6S2. The van der Waals surface area contributed by atoms with Gasteiger partial charge in [-0.25, -0.2) is 0 Å². The maximum absolute atomic E-state index is 4.97. The monoisotopic (exact) mass is 461 g/mol. The van der Waals surface area contributed by atoms with E-state index in [9.17, 15) is 0 Å². The molecule has 1 aromatic rings. The van der Waals surface area contributed by atoms with Gasteiger partial charge < -0.3 is 35.9 Å². The molecule has 1 aromatic carbocycles. The molecule has 1 rings (SSSR count). The molecule has 0 atom stereocenters. The largest absolute Gasteiger partial charge is 2.00 e. The topological polar surface area (TPSA) is 73.5 Å². The summed E-state index contributed by atoms with van der Waals surface area (Å²) >= 11 is 13.3. The average molecular weight is 463 g/mol. The molecule has 10 heteroatoms. The second kappa shape index (κ2) is 11.5. The summed E-state index contributed by atoms with van der Waals surface area (Å²) < 4.78 is 0.967. The first-order valence-corrected chi connectivity index (χ1v) is 7.82. The Balaban J connectivity index is 0.00000484. The first kappa shape index (κ1) is 21.9. The van der Waals surface area contributed by atoms with Crippen LogP contribution in [-0.2, 0) is 42.3 Å². The molecule has 0 aliphatic rings. The zero-order valence-electron chi connectivity index (χ0n) is 12.6. The van der Waals surface area contributed by atoms with Crippen molar-refractivity contribution in [2.24, 2.45) is 20.4 Å². The summed E-state index contributed by atoms with van der Waals surface area (Å²) in [5.41, 5.74) is 1.98. The van der Waals surface area contributed by atoms with Gasteiger partial charge in [0, 0.05) is 24.1 Å². The van der Waals surface area contributed by atoms with Crippen molar-refractivity contribution < 1.29 is 17.1 Å². The summed E-state index contributed by atoms with van der Waals surface area (Å²) in [5.74, 6) is 0. The number of rotatable bonds is 4. The van der Waals surface area contributed by atoms with Crippen molar-refractivity contribution >= 4 is 62.9 Å². The molecule has 0 amide bonds. The van der Waals surface area contributed by atoms with Crippen molar-refractivity contribution in [1.29, 1.82) is 0 Å². The van der Waals surface area contributed by atoms with Crippen molar-refractivity contribution in [2.75, 3.05) is 14.1 Å². The summed E-state index contributed by atoms with van der Waals surface area (Å²) in [5, 5.41) is 22.1. The van der Waals surface area contributed by atoms with E-state index in [2.05, 4.69) is 47.0 Å². The van der Waals surface area contributed by atoms with Crippen LogP contribution >= 0.6 is 15.9 Å². The van der Waals surface area contributed by atoms with Gasteiger partial charge in [0.15, 0.2) is 0 Å². The van der Waals surface area contributed by atoms with E-state index in [1.54, 1.807) is 21.0 Å². The van der Waals surface area contributed by atoms with Crippen molar-refractivity contribution in [1.82, 2.24) is 10.6 Å². The molecule has 23 heavy (non-hydrogen) atoms. The van der Waals surface area contributed by atoms with E-state index in [1.807, 2.05) is 24.3 Å². The van der Waals surface area contributed by atoms with E-state index in [4.69, 9.17) is 25.3 Å². The number of nitrogens with zero attached hydrogens (tertiary/aromatic N) is 4. The second-order valence-corrected chi connectivity index (χ2v) is 5.64. The van der Waals surface area contributed by atoms with Crippen LogP contribution in [0.2, 0.25) is 0 Å². The SMILES string of the molecule is CNC([S-])=NN=C(C)C(=NN=C([S-])NC)c1ccc(Br)cc1.[Cu+2]. The Morgan fingerprint density at radius 2 is 1.39 bits per heavy atom. The molecule has 0 unspecified atom stereocenters. The summed E-state index contributed by atoms with van der Waals surface area (Å²) in [7, 11) is 3.36. The van der Waals surface area contributed by atoms with Gasteiger partial charge in [0.1, 0.15) is 5.71 Å². The third-order valence-corrected chi connectivity index (χ3v) is 3.52. The fourth-order valence-electron chi connectivity index (χ4n) is 1.31. The third kappa shape index (κ3) is 7.85. The predicted molar refractivity (Wildman–Crippen MR) is 102 cm³/mol. The van der Waals surface area contributed by atoms with Gasteiger partial charge in [0.25, 0.3) is 0 Å². The van der Waals surface area contributed by atoms with Crippen LogP contribution in [0.1, 0.15) is 12.5 Å². The fraction of sp³-hybridized carbons (Fsp3) is 0.231. The molecule has 0 spiro atoms. The summed E-state index contributed by atoms with van der Waals surface area (Å²) in [6.07, 6.45) is 0. The molecule has 0 fully saturated rings. The van der Waals surface area contributed by atoms with Crippen LogP contribution in [0.4, 0.5) is 0 Å². The van der Waals surface area contributed by atoms with Crippen molar-refractivity contribution in [3.63, 3.8) is 0 Å². The Labute approximate surface area is 165 Å². The van der Waals surface area contributed by atoms with Crippen LogP contribution in [0.25, 0.3) is 0 Å². The Morgan fingerprint density at radius 1 is 0.913 bits per heavy atom. The molecular weight excluding hydrogens is 448 g/mol. The first-order valence-electron chi connectivity index (χ1n) is 6.21. The van der Waals surface area contributed by atoms with Crippen LogP contribution in [0.3, 0.4) is 0 Å². The van der Waals surface area contributed by atoms with Gasteiger partial charge in [-0.3, -0.25) is 0 Å². The summed E-state index contributed by atoms with van der Waals surface area (Å²) in [4.78, 5) is 0. The van der Waals surface area contributed by atoms with Gasteiger partial charge in [0.2, 0.25) is 0 Å². The molecule has 0 heterocycles. The third-order valence-electron chi connectivity index (χ3n) is 2.42. The van der Waals surface area contributed by atoms with E-state index in [0.29, 0.717) is 11.4 Å². The first-order chi connectivity index (χ1) is 10.5. The Bertz CT molecular complexity index is 628. The number of nitrogens with one attached hydrogen (secondary N) is 2. The summed E-state index contributed by atoms with van der Waals surface area (Å²) in [6, 6.07) is 7.61. The van der Waals surface area contributed by atoms with Gasteiger partial charge in [-0.15, -0.1) is 5.10 Å². The van der Waals surface area contributed by atoms with Gasteiger partial charge in [-0.1, -0.05) is 28.1 Å². The molecule has 0 aromatic heterocycles. The Kier molecular flexibility index (Phi) is 10.9. The van der Waals surface area contributed by atoms with Gasteiger partial charge in [-0.2, -0.15) is 15.3 Å².